The van der Waals surface area contributed by atoms with Crippen LogP contribution in [0.2, 0.25) is 0 Å². The van der Waals surface area contributed by atoms with Crippen molar-refractivity contribution in [1.82, 2.24) is 34.8 Å². The number of hydrogen-bond donors (Lipinski definition) is 1. The molecule has 4 heterocycles. The first kappa shape index (κ1) is 14.6. The largest absolute Gasteiger partial charge is 0.381 e. The molecule has 1 N–H and O–H groups in total. The van der Waals surface area contributed by atoms with Crippen LogP contribution in [0.15, 0.2) is 36.2 Å². The van der Waals surface area contributed by atoms with Crippen molar-refractivity contribution in [3.63, 3.8) is 0 Å². The Morgan fingerprint density at radius 2 is 2.12 bits per heavy atom. The Labute approximate surface area is 141 Å². The highest BCUT2D eigenvalue weighted by atomic mass is 32.1. The Morgan fingerprint density at radius 3 is 3.00 bits per heavy atom. The highest BCUT2D eigenvalue weighted by Crippen LogP contribution is 2.20. The molecule has 4 rings (SSSR count). The smallest absolute Gasteiger partial charge is 0.200 e. The summed E-state index contributed by atoms with van der Waals surface area (Å²) in [4.78, 5) is 13.0. The summed E-state index contributed by atoms with van der Waals surface area (Å²) in [6.45, 7) is 2.68. The van der Waals surface area contributed by atoms with E-state index in [1.54, 1.807) is 40.6 Å². The third-order valence-electron chi connectivity index (χ3n) is 3.40. The van der Waals surface area contributed by atoms with Crippen LogP contribution < -0.4 is 5.32 Å². The van der Waals surface area contributed by atoms with Gasteiger partial charge in [-0.2, -0.15) is 9.61 Å². The first-order chi connectivity index (χ1) is 11.8. The van der Waals surface area contributed by atoms with E-state index in [0.717, 1.165) is 40.7 Å². The molecule has 0 saturated carbocycles. The quantitative estimate of drug-likeness (QED) is 0.595. The van der Waals surface area contributed by atoms with Crippen LogP contribution in [0.1, 0.15) is 11.4 Å². The van der Waals surface area contributed by atoms with Crippen LogP contribution >= 0.6 is 11.3 Å². The lowest BCUT2D eigenvalue weighted by atomic mass is 10.3. The Bertz CT molecular complexity index is 962. The molecule has 0 spiro atoms. The number of thiazole rings is 1. The van der Waals surface area contributed by atoms with E-state index in [1.165, 1.54) is 0 Å². The van der Waals surface area contributed by atoms with Gasteiger partial charge in [-0.1, -0.05) is 0 Å². The Kier molecular flexibility index (Phi) is 3.83. The molecule has 0 radical (unpaired) electrons. The normalized spacial score (nSPS) is 11.0. The monoisotopic (exact) mass is 338 g/mol. The molecule has 0 saturated heterocycles. The zero-order valence-electron chi connectivity index (χ0n) is 12.9. The Hall–Kier alpha value is -2.94. The van der Waals surface area contributed by atoms with Crippen molar-refractivity contribution in [3.05, 3.63) is 47.6 Å². The molecule has 0 fully saturated rings. The average molecular weight is 338 g/mol. The van der Waals surface area contributed by atoms with Gasteiger partial charge in [-0.15, -0.1) is 21.5 Å². The minimum absolute atomic E-state index is 0.664. The standard InChI is InChI=1S/C15H14N8S/c1-10-7-12(14-21-19-9-23(14)22-10)16-6-3-11-8-24-15(20-11)13-17-4-2-5-18-13/h2,4-5,7-9,16H,3,6H2,1H3. The predicted molar refractivity (Wildman–Crippen MR) is 90.9 cm³/mol. The van der Waals surface area contributed by atoms with Crippen LogP contribution in [0.3, 0.4) is 0 Å². The van der Waals surface area contributed by atoms with Crippen LogP contribution in [-0.2, 0) is 6.42 Å². The van der Waals surface area contributed by atoms with E-state index in [0.29, 0.717) is 5.82 Å². The molecule has 120 valence electrons. The average Bonchev–Trinajstić information content (AvgIpc) is 3.25. The number of anilines is 1. The number of fused-ring (bicyclic) bond motifs is 1. The third kappa shape index (κ3) is 2.93. The topological polar surface area (TPSA) is 93.8 Å². The molecule has 0 aromatic carbocycles. The van der Waals surface area contributed by atoms with Crippen molar-refractivity contribution >= 4 is 22.7 Å². The van der Waals surface area contributed by atoms with E-state index < -0.39 is 0 Å². The number of rotatable bonds is 5. The van der Waals surface area contributed by atoms with E-state index in [9.17, 15) is 0 Å². The second-order valence-corrected chi connectivity index (χ2v) is 6.05. The van der Waals surface area contributed by atoms with Crippen LogP contribution in [0.25, 0.3) is 16.5 Å². The molecule has 4 aromatic rings. The van der Waals surface area contributed by atoms with E-state index in [1.807, 2.05) is 18.4 Å². The summed E-state index contributed by atoms with van der Waals surface area (Å²) in [5, 5.41) is 18.6. The fourth-order valence-electron chi connectivity index (χ4n) is 2.34. The SMILES string of the molecule is Cc1cc(NCCc2csc(-c3ncccn3)n2)c2nncn2n1. The van der Waals surface area contributed by atoms with Crippen molar-refractivity contribution in [2.75, 3.05) is 11.9 Å². The highest BCUT2D eigenvalue weighted by molar-refractivity contribution is 7.13. The molecule has 0 aliphatic rings. The van der Waals surface area contributed by atoms with Gasteiger partial charge in [0.25, 0.3) is 0 Å². The van der Waals surface area contributed by atoms with Gasteiger partial charge in [0, 0.05) is 30.7 Å². The summed E-state index contributed by atoms with van der Waals surface area (Å²) in [6.07, 6.45) is 5.84. The molecular weight excluding hydrogens is 324 g/mol. The molecule has 24 heavy (non-hydrogen) atoms. The number of aromatic nitrogens is 7. The van der Waals surface area contributed by atoms with Gasteiger partial charge in [-0.3, -0.25) is 0 Å². The van der Waals surface area contributed by atoms with Gasteiger partial charge >= 0.3 is 0 Å². The molecule has 9 heteroatoms. The molecule has 0 atom stereocenters. The maximum Gasteiger partial charge on any atom is 0.200 e. The van der Waals surface area contributed by atoms with Gasteiger partial charge in [0.1, 0.15) is 6.33 Å². The van der Waals surface area contributed by atoms with Gasteiger partial charge in [-0.05, 0) is 19.1 Å². The predicted octanol–water partition coefficient (Wildman–Crippen LogP) is 2.00. The lowest BCUT2D eigenvalue weighted by molar-refractivity contribution is 0.890. The summed E-state index contributed by atoms with van der Waals surface area (Å²) < 4.78 is 1.67. The van der Waals surface area contributed by atoms with Gasteiger partial charge in [0.05, 0.1) is 17.1 Å². The fraction of sp³-hybridized carbons (Fsp3) is 0.200. The third-order valence-corrected chi connectivity index (χ3v) is 4.28. The minimum Gasteiger partial charge on any atom is -0.381 e. The van der Waals surface area contributed by atoms with Crippen molar-refractivity contribution in [2.24, 2.45) is 0 Å². The molecule has 4 aromatic heterocycles. The van der Waals surface area contributed by atoms with E-state index in [2.05, 4.69) is 35.6 Å². The van der Waals surface area contributed by atoms with E-state index >= 15 is 0 Å². The van der Waals surface area contributed by atoms with Crippen LogP contribution in [0.4, 0.5) is 5.69 Å². The minimum atomic E-state index is 0.664. The molecule has 0 unspecified atom stereocenters. The molecule has 0 bridgehead atoms. The zero-order valence-corrected chi connectivity index (χ0v) is 13.7. The summed E-state index contributed by atoms with van der Waals surface area (Å²) in [5.41, 5.74) is 3.55. The van der Waals surface area contributed by atoms with Crippen molar-refractivity contribution in [2.45, 2.75) is 13.3 Å². The summed E-state index contributed by atoms with van der Waals surface area (Å²) in [7, 11) is 0. The Morgan fingerprint density at radius 1 is 1.25 bits per heavy atom. The van der Waals surface area contributed by atoms with E-state index in [-0.39, 0.29) is 0 Å². The first-order valence-electron chi connectivity index (χ1n) is 7.43. The molecule has 0 aliphatic carbocycles. The van der Waals surface area contributed by atoms with Crippen molar-refractivity contribution in [1.29, 1.82) is 0 Å². The van der Waals surface area contributed by atoms with Gasteiger partial charge in [0.15, 0.2) is 10.8 Å². The highest BCUT2D eigenvalue weighted by Gasteiger charge is 2.08. The lowest BCUT2D eigenvalue weighted by Crippen LogP contribution is -2.08. The van der Waals surface area contributed by atoms with Crippen LogP contribution in [0.5, 0.6) is 0 Å². The lowest BCUT2D eigenvalue weighted by Gasteiger charge is -2.07. The zero-order chi connectivity index (χ0) is 16.4. The van der Waals surface area contributed by atoms with E-state index in [4.69, 9.17) is 0 Å². The van der Waals surface area contributed by atoms with Gasteiger partial charge in [-0.25, -0.2) is 15.0 Å². The molecule has 0 amide bonds. The first-order valence-corrected chi connectivity index (χ1v) is 8.31. The van der Waals surface area contributed by atoms with Crippen molar-refractivity contribution in [3.8, 4) is 10.8 Å². The maximum absolute atomic E-state index is 4.59. The number of hydrogen-bond acceptors (Lipinski definition) is 8. The fourth-order valence-corrected chi connectivity index (χ4v) is 3.14. The van der Waals surface area contributed by atoms with Crippen molar-refractivity contribution < 1.29 is 0 Å². The number of nitrogens with one attached hydrogen (secondary N) is 1. The summed E-state index contributed by atoms with van der Waals surface area (Å²) in [5.74, 6) is 0.664. The molecule has 8 nitrogen and oxygen atoms in total. The molecular formula is C15H14N8S. The maximum atomic E-state index is 4.59. The number of nitrogens with zero attached hydrogens (tertiary/aromatic N) is 7. The second-order valence-electron chi connectivity index (χ2n) is 5.19. The van der Waals surface area contributed by atoms with Crippen LogP contribution in [0, 0.1) is 6.92 Å². The number of aryl methyl sites for hydroxylation is 1. The second kappa shape index (κ2) is 6.28. The van der Waals surface area contributed by atoms with Gasteiger partial charge < -0.3 is 5.32 Å². The summed E-state index contributed by atoms with van der Waals surface area (Å²) >= 11 is 1.55. The molecule has 0 aliphatic heterocycles. The van der Waals surface area contributed by atoms with Gasteiger partial charge in [0.2, 0.25) is 5.65 Å². The Balaban J connectivity index is 1.44. The summed E-state index contributed by atoms with van der Waals surface area (Å²) in [6, 6.07) is 3.76. The van der Waals surface area contributed by atoms with Crippen LogP contribution in [-0.4, -0.2) is 41.3 Å².